The fourth-order valence-corrected chi connectivity index (χ4v) is 1.75. The van der Waals surface area contributed by atoms with Gasteiger partial charge in [-0.25, -0.2) is 0 Å². The fourth-order valence-electron chi connectivity index (χ4n) is 1.75. The Kier molecular flexibility index (Phi) is 4.01. The van der Waals surface area contributed by atoms with Crippen LogP contribution in [0.25, 0.3) is 0 Å². The molecule has 0 spiro atoms. The second-order valence-electron chi connectivity index (χ2n) is 5.11. The van der Waals surface area contributed by atoms with E-state index in [0.717, 1.165) is 5.56 Å². The van der Waals surface area contributed by atoms with Crippen LogP contribution in [-0.4, -0.2) is 23.9 Å². The lowest BCUT2D eigenvalue weighted by atomic mass is 9.85. The zero-order valence-electron chi connectivity index (χ0n) is 10.8. The number of hydrogen-bond donors (Lipinski definition) is 3. The molecule has 0 saturated heterocycles. The molecule has 0 aliphatic rings. The van der Waals surface area contributed by atoms with E-state index in [9.17, 15) is 10.2 Å². The molecule has 1 aromatic rings. The predicted octanol–water partition coefficient (Wildman–Crippen LogP) is 1.69. The highest BCUT2D eigenvalue weighted by atomic mass is 16.5. The summed E-state index contributed by atoms with van der Waals surface area (Å²) in [6, 6.07) is 3.28. The summed E-state index contributed by atoms with van der Waals surface area (Å²) in [6.07, 6.45) is -0.829. The number of phenolic OH excluding ortho intramolecular Hbond substituents is 1. The normalized spacial score (nSPS) is 13.5. The molecule has 0 bridgehead atoms. The van der Waals surface area contributed by atoms with Crippen LogP contribution >= 0.6 is 0 Å². The molecule has 0 aliphatic heterocycles. The number of aromatic hydroxyl groups is 1. The molecule has 1 rings (SSSR count). The van der Waals surface area contributed by atoms with E-state index >= 15 is 0 Å². The van der Waals surface area contributed by atoms with Crippen LogP contribution in [0.5, 0.6) is 11.5 Å². The topological polar surface area (TPSA) is 75.7 Å². The lowest BCUT2D eigenvalue weighted by Gasteiger charge is -2.23. The summed E-state index contributed by atoms with van der Waals surface area (Å²) in [7, 11) is 1.53. The van der Waals surface area contributed by atoms with E-state index in [-0.39, 0.29) is 17.7 Å². The number of ether oxygens (including phenoxy) is 1. The van der Waals surface area contributed by atoms with Crippen molar-refractivity contribution in [2.75, 3.05) is 13.7 Å². The maximum absolute atomic E-state index is 9.98. The van der Waals surface area contributed by atoms with E-state index in [4.69, 9.17) is 10.5 Å². The van der Waals surface area contributed by atoms with Crippen LogP contribution in [0.4, 0.5) is 0 Å². The molecule has 0 radical (unpaired) electrons. The van der Waals surface area contributed by atoms with Crippen molar-refractivity contribution in [3.05, 3.63) is 23.3 Å². The fraction of sp³-hybridized carbons (Fsp3) is 0.538. The van der Waals surface area contributed by atoms with Gasteiger partial charge < -0.3 is 20.7 Å². The second-order valence-corrected chi connectivity index (χ2v) is 5.11. The van der Waals surface area contributed by atoms with Crippen molar-refractivity contribution in [1.29, 1.82) is 0 Å². The maximum atomic E-state index is 9.98. The van der Waals surface area contributed by atoms with Gasteiger partial charge in [0.1, 0.15) is 11.5 Å². The monoisotopic (exact) mass is 239 g/mol. The van der Waals surface area contributed by atoms with Gasteiger partial charge in [-0.05, 0) is 17.5 Å². The van der Waals surface area contributed by atoms with Crippen molar-refractivity contribution < 1.29 is 14.9 Å². The Morgan fingerprint density at radius 1 is 1.35 bits per heavy atom. The van der Waals surface area contributed by atoms with Gasteiger partial charge in [0.05, 0.1) is 13.2 Å². The summed E-state index contributed by atoms with van der Waals surface area (Å²) in [5.41, 5.74) is 6.52. The van der Waals surface area contributed by atoms with E-state index in [1.807, 2.05) is 20.8 Å². The van der Waals surface area contributed by atoms with Crippen molar-refractivity contribution in [2.24, 2.45) is 5.73 Å². The number of methoxy groups -OCH3 is 1. The first-order valence-corrected chi connectivity index (χ1v) is 5.60. The lowest BCUT2D eigenvalue weighted by Crippen LogP contribution is -2.15. The Morgan fingerprint density at radius 3 is 2.35 bits per heavy atom. The van der Waals surface area contributed by atoms with Gasteiger partial charge in [-0.2, -0.15) is 0 Å². The Morgan fingerprint density at radius 2 is 1.94 bits per heavy atom. The Labute approximate surface area is 102 Å². The summed E-state index contributed by atoms with van der Waals surface area (Å²) >= 11 is 0. The molecule has 17 heavy (non-hydrogen) atoms. The summed E-state index contributed by atoms with van der Waals surface area (Å²) in [6.45, 7) is 6.09. The van der Waals surface area contributed by atoms with E-state index in [1.54, 1.807) is 6.07 Å². The Bertz CT molecular complexity index is 396. The lowest BCUT2D eigenvalue weighted by molar-refractivity contribution is 0.181. The molecular weight excluding hydrogens is 218 g/mol. The minimum atomic E-state index is -0.829. The molecule has 4 N–H and O–H groups in total. The summed E-state index contributed by atoms with van der Waals surface area (Å²) in [5.74, 6) is 0.700. The van der Waals surface area contributed by atoms with Crippen LogP contribution in [0.3, 0.4) is 0 Å². The molecule has 4 heteroatoms. The first-order chi connectivity index (χ1) is 7.81. The number of aliphatic hydroxyl groups excluding tert-OH is 1. The molecule has 1 unspecified atom stereocenters. The molecule has 0 saturated carbocycles. The minimum absolute atomic E-state index is 0.0880. The number of benzene rings is 1. The van der Waals surface area contributed by atoms with E-state index < -0.39 is 6.10 Å². The average Bonchev–Trinajstić information content (AvgIpc) is 2.26. The highest BCUT2D eigenvalue weighted by Crippen LogP contribution is 2.37. The molecular formula is C13H21NO3. The minimum Gasteiger partial charge on any atom is -0.508 e. The van der Waals surface area contributed by atoms with Crippen molar-refractivity contribution in [3.63, 3.8) is 0 Å². The molecule has 1 atom stereocenters. The highest BCUT2D eigenvalue weighted by molar-refractivity contribution is 5.49. The first kappa shape index (κ1) is 13.8. The molecule has 0 amide bonds. The molecule has 0 heterocycles. The van der Waals surface area contributed by atoms with Crippen LogP contribution in [0.2, 0.25) is 0 Å². The van der Waals surface area contributed by atoms with Crippen molar-refractivity contribution in [3.8, 4) is 11.5 Å². The smallest absolute Gasteiger partial charge is 0.125 e. The van der Waals surface area contributed by atoms with E-state index in [2.05, 4.69) is 0 Å². The summed E-state index contributed by atoms with van der Waals surface area (Å²) < 4.78 is 5.23. The molecule has 0 aliphatic carbocycles. The number of phenols is 1. The summed E-state index contributed by atoms with van der Waals surface area (Å²) in [5, 5.41) is 19.7. The van der Waals surface area contributed by atoms with Gasteiger partial charge in [-0.3, -0.25) is 0 Å². The van der Waals surface area contributed by atoms with Gasteiger partial charge in [0.15, 0.2) is 0 Å². The zero-order valence-corrected chi connectivity index (χ0v) is 10.8. The van der Waals surface area contributed by atoms with Crippen LogP contribution < -0.4 is 10.5 Å². The Balaban J connectivity index is 3.35. The Hall–Kier alpha value is -1.26. The second kappa shape index (κ2) is 4.94. The predicted molar refractivity (Wildman–Crippen MR) is 67.4 cm³/mol. The highest BCUT2D eigenvalue weighted by Gasteiger charge is 2.22. The van der Waals surface area contributed by atoms with Gasteiger partial charge in [0.25, 0.3) is 0 Å². The quantitative estimate of drug-likeness (QED) is 0.750. The molecule has 0 fully saturated rings. The number of nitrogens with two attached hydrogens (primary N) is 1. The number of rotatable bonds is 3. The van der Waals surface area contributed by atoms with Crippen LogP contribution in [0, 0.1) is 0 Å². The van der Waals surface area contributed by atoms with Crippen molar-refractivity contribution in [2.45, 2.75) is 32.3 Å². The van der Waals surface area contributed by atoms with E-state index in [0.29, 0.717) is 11.3 Å². The van der Waals surface area contributed by atoms with E-state index in [1.165, 1.54) is 13.2 Å². The molecule has 1 aromatic carbocycles. The standard InChI is InChI=1S/C13H21NO3/c1-13(2,3)9-6-12(17-4)8(5-10(9)15)11(16)7-14/h5-6,11,15-16H,7,14H2,1-4H3. The molecule has 0 aromatic heterocycles. The maximum Gasteiger partial charge on any atom is 0.125 e. The SMILES string of the molecule is COc1cc(C(C)(C)C)c(O)cc1C(O)CN. The van der Waals surface area contributed by atoms with Gasteiger partial charge in [0.2, 0.25) is 0 Å². The van der Waals surface area contributed by atoms with Gasteiger partial charge in [-0.15, -0.1) is 0 Å². The van der Waals surface area contributed by atoms with Crippen molar-refractivity contribution in [1.82, 2.24) is 0 Å². The first-order valence-electron chi connectivity index (χ1n) is 5.60. The van der Waals surface area contributed by atoms with Gasteiger partial charge >= 0.3 is 0 Å². The number of aliphatic hydroxyl groups is 1. The zero-order chi connectivity index (χ0) is 13.2. The van der Waals surface area contributed by atoms with Crippen molar-refractivity contribution >= 4 is 0 Å². The summed E-state index contributed by atoms with van der Waals surface area (Å²) in [4.78, 5) is 0. The largest absolute Gasteiger partial charge is 0.508 e. The third kappa shape index (κ3) is 2.90. The third-order valence-electron chi connectivity index (χ3n) is 2.74. The number of hydrogen-bond acceptors (Lipinski definition) is 4. The third-order valence-corrected chi connectivity index (χ3v) is 2.74. The van der Waals surface area contributed by atoms with Gasteiger partial charge in [0, 0.05) is 17.7 Å². The van der Waals surface area contributed by atoms with Crippen LogP contribution in [0.1, 0.15) is 38.0 Å². The van der Waals surface area contributed by atoms with Crippen LogP contribution in [0.15, 0.2) is 12.1 Å². The van der Waals surface area contributed by atoms with Crippen LogP contribution in [-0.2, 0) is 5.41 Å². The molecule has 96 valence electrons. The van der Waals surface area contributed by atoms with Gasteiger partial charge in [-0.1, -0.05) is 20.8 Å². The molecule has 4 nitrogen and oxygen atoms in total. The average molecular weight is 239 g/mol.